The minimum atomic E-state index is -0.700. The van der Waals surface area contributed by atoms with Crippen molar-refractivity contribution in [3.05, 3.63) is 29.8 Å². The third-order valence-electron chi connectivity index (χ3n) is 3.18. The minimum absolute atomic E-state index is 0.351. The van der Waals surface area contributed by atoms with Gasteiger partial charge in [-0.1, -0.05) is 41.2 Å². The summed E-state index contributed by atoms with van der Waals surface area (Å²) >= 11 is 1.28. The highest BCUT2D eigenvalue weighted by molar-refractivity contribution is 7.18. The maximum atomic E-state index is 12.2. The van der Waals surface area contributed by atoms with Crippen molar-refractivity contribution in [1.29, 1.82) is 0 Å². The first-order chi connectivity index (χ1) is 11.6. The fraction of sp³-hybridized carbons (Fsp3) is 0.412. The second kappa shape index (κ2) is 7.60. The molecule has 1 atom stereocenters. The number of benzene rings is 1. The summed E-state index contributed by atoms with van der Waals surface area (Å²) in [6, 6.07) is 6.82. The number of carbonyl (C=O) groups excluding carboxylic acids is 2. The van der Waals surface area contributed by atoms with E-state index in [-0.39, 0.29) is 11.4 Å². The van der Waals surface area contributed by atoms with E-state index in [1.807, 2.05) is 52.0 Å². The molecule has 0 bridgehead atoms. The second-order valence-corrected chi connectivity index (χ2v) is 7.82. The zero-order chi connectivity index (χ0) is 18.6. The Morgan fingerprint density at radius 1 is 1.12 bits per heavy atom. The average Bonchev–Trinajstić information content (AvgIpc) is 2.94. The Balaban J connectivity index is 1.94. The van der Waals surface area contributed by atoms with Gasteiger partial charge in [-0.15, -0.1) is 10.2 Å². The molecular weight excluding hydrogens is 338 g/mol. The molecule has 1 aromatic carbocycles. The van der Waals surface area contributed by atoms with E-state index in [2.05, 4.69) is 26.1 Å². The van der Waals surface area contributed by atoms with Gasteiger partial charge in [0, 0.05) is 11.1 Å². The fourth-order valence-corrected chi connectivity index (χ4v) is 2.69. The Bertz CT molecular complexity index is 749. The van der Waals surface area contributed by atoms with Gasteiger partial charge in [-0.25, -0.2) is 4.79 Å². The lowest BCUT2D eigenvalue weighted by Crippen LogP contribution is -2.51. The number of nitrogens with zero attached hydrogens (tertiary/aromatic N) is 2. The summed E-state index contributed by atoms with van der Waals surface area (Å²) < 4.78 is 0. The second-order valence-electron chi connectivity index (χ2n) is 6.84. The Morgan fingerprint density at radius 3 is 2.36 bits per heavy atom. The van der Waals surface area contributed by atoms with Crippen LogP contribution in [0.25, 0.3) is 10.6 Å². The molecule has 0 fully saturated rings. The highest BCUT2D eigenvalue weighted by atomic mass is 32.1. The summed E-state index contributed by atoms with van der Waals surface area (Å²) in [5, 5.41) is 17.2. The van der Waals surface area contributed by atoms with Crippen LogP contribution in [0.3, 0.4) is 0 Å². The molecule has 0 aliphatic rings. The van der Waals surface area contributed by atoms with Gasteiger partial charge in [0.25, 0.3) is 0 Å². The Labute approximate surface area is 151 Å². The molecule has 0 aliphatic carbocycles. The molecule has 2 aromatic rings. The number of nitrogens with one attached hydrogen (secondary N) is 3. The zero-order valence-corrected chi connectivity index (χ0v) is 15.8. The van der Waals surface area contributed by atoms with E-state index in [9.17, 15) is 9.59 Å². The van der Waals surface area contributed by atoms with Gasteiger partial charge in [-0.05, 0) is 34.6 Å². The van der Waals surface area contributed by atoms with E-state index in [0.717, 1.165) is 16.1 Å². The van der Waals surface area contributed by atoms with Gasteiger partial charge in [0.15, 0.2) is 0 Å². The van der Waals surface area contributed by atoms with Crippen molar-refractivity contribution in [2.75, 3.05) is 5.32 Å². The summed E-state index contributed by atoms with van der Waals surface area (Å²) in [5.74, 6) is -0.351. The molecule has 1 unspecified atom stereocenters. The van der Waals surface area contributed by atoms with Gasteiger partial charge < -0.3 is 10.6 Å². The summed E-state index contributed by atoms with van der Waals surface area (Å²) in [4.78, 5) is 24.0. The molecule has 7 nitrogen and oxygen atoms in total. The monoisotopic (exact) mass is 361 g/mol. The summed E-state index contributed by atoms with van der Waals surface area (Å²) in [6.45, 7) is 9.22. The molecule has 3 amide bonds. The maximum Gasteiger partial charge on any atom is 0.315 e. The normalized spacial score (nSPS) is 12.4. The van der Waals surface area contributed by atoms with E-state index in [1.54, 1.807) is 6.92 Å². The molecule has 1 aromatic heterocycles. The van der Waals surface area contributed by atoms with Crippen LogP contribution in [-0.4, -0.2) is 33.7 Å². The molecule has 134 valence electrons. The van der Waals surface area contributed by atoms with Crippen LogP contribution in [-0.2, 0) is 4.79 Å². The molecule has 8 heteroatoms. The quantitative estimate of drug-likeness (QED) is 0.780. The van der Waals surface area contributed by atoms with Crippen LogP contribution in [0.4, 0.5) is 9.93 Å². The number of carbonyl (C=O) groups is 2. The van der Waals surface area contributed by atoms with E-state index in [1.165, 1.54) is 11.3 Å². The number of urea groups is 1. The van der Waals surface area contributed by atoms with E-state index < -0.39 is 12.1 Å². The third kappa shape index (κ3) is 5.82. The zero-order valence-electron chi connectivity index (χ0n) is 15.0. The van der Waals surface area contributed by atoms with Crippen LogP contribution in [0.15, 0.2) is 24.3 Å². The van der Waals surface area contributed by atoms with E-state index in [4.69, 9.17) is 0 Å². The van der Waals surface area contributed by atoms with Crippen molar-refractivity contribution < 1.29 is 9.59 Å². The number of aryl methyl sites for hydroxylation is 1. The Morgan fingerprint density at radius 2 is 1.76 bits per heavy atom. The van der Waals surface area contributed by atoms with Gasteiger partial charge >= 0.3 is 6.03 Å². The largest absolute Gasteiger partial charge is 0.334 e. The first-order valence-electron chi connectivity index (χ1n) is 7.94. The summed E-state index contributed by atoms with van der Waals surface area (Å²) in [5.41, 5.74) is 1.73. The third-order valence-corrected chi connectivity index (χ3v) is 4.07. The van der Waals surface area contributed by atoms with Crippen molar-refractivity contribution in [2.24, 2.45) is 0 Å². The van der Waals surface area contributed by atoms with Gasteiger partial charge in [-0.3, -0.25) is 10.1 Å². The Hall–Kier alpha value is -2.48. The van der Waals surface area contributed by atoms with Crippen molar-refractivity contribution in [3.8, 4) is 10.6 Å². The summed E-state index contributed by atoms with van der Waals surface area (Å²) in [7, 11) is 0. The number of aromatic nitrogens is 2. The summed E-state index contributed by atoms with van der Waals surface area (Å²) in [6.07, 6.45) is 0. The number of amides is 3. The lowest BCUT2D eigenvalue weighted by atomic mass is 10.1. The van der Waals surface area contributed by atoms with Crippen LogP contribution in [0, 0.1) is 6.92 Å². The SMILES string of the molecule is Cc1ccc(-c2nnc(NC(=O)C(C)NC(=O)NC(C)(C)C)s2)cc1. The average molecular weight is 361 g/mol. The van der Waals surface area contributed by atoms with E-state index >= 15 is 0 Å². The van der Waals surface area contributed by atoms with Gasteiger partial charge in [-0.2, -0.15) is 0 Å². The fourth-order valence-electron chi connectivity index (χ4n) is 1.94. The first kappa shape index (κ1) is 18.9. The molecule has 0 saturated heterocycles. The molecule has 2 rings (SSSR count). The smallest absolute Gasteiger partial charge is 0.315 e. The predicted molar refractivity (Wildman–Crippen MR) is 99.6 cm³/mol. The maximum absolute atomic E-state index is 12.2. The predicted octanol–water partition coefficient (Wildman–Crippen LogP) is 2.94. The first-order valence-corrected chi connectivity index (χ1v) is 8.76. The van der Waals surface area contributed by atoms with Crippen LogP contribution in [0.5, 0.6) is 0 Å². The topological polar surface area (TPSA) is 96.0 Å². The standard InChI is InChI=1S/C17H23N5O2S/c1-10-6-8-12(9-7-10)14-21-22-16(25-14)19-13(23)11(2)18-15(24)20-17(3,4)5/h6-9,11H,1-5H3,(H2,18,20,24)(H,19,22,23). The molecule has 0 spiro atoms. The highest BCUT2D eigenvalue weighted by Gasteiger charge is 2.20. The lowest BCUT2D eigenvalue weighted by molar-refractivity contribution is -0.117. The Kier molecular flexibility index (Phi) is 5.73. The minimum Gasteiger partial charge on any atom is -0.334 e. The van der Waals surface area contributed by atoms with Crippen LogP contribution in [0.1, 0.15) is 33.3 Å². The molecular formula is C17H23N5O2S. The van der Waals surface area contributed by atoms with E-state index in [0.29, 0.717) is 5.13 Å². The molecule has 0 saturated carbocycles. The highest BCUT2D eigenvalue weighted by Crippen LogP contribution is 2.26. The number of anilines is 1. The molecule has 1 heterocycles. The van der Waals surface area contributed by atoms with Gasteiger partial charge in [0.05, 0.1) is 0 Å². The molecule has 25 heavy (non-hydrogen) atoms. The molecule has 3 N–H and O–H groups in total. The number of rotatable bonds is 4. The van der Waals surface area contributed by atoms with Crippen molar-refractivity contribution in [2.45, 2.75) is 46.2 Å². The molecule has 0 aliphatic heterocycles. The van der Waals surface area contributed by atoms with Crippen molar-refractivity contribution in [3.63, 3.8) is 0 Å². The van der Waals surface area contributed by atoms with Crippen LogP contribution in [0.2, 0.25) is 0 Å². The van der Waals surface area contributed by atoms with Crippen LogP contribution < -0.4 is 16.0 Å². The number of hydrogen-bond donors (Lipinski definition) is 3. The molecule has 0 radical (unpaired) electrons. The van der Waals surface area contributed by atoms with Crippen molar-refractivity contribution >= 4 is 28.4 Å². The van der Waals surface area contributed by atoms with Gasteiger partial charge in [0.1, 0.15) is 11.0 Å². The van der Waals surface area contributed by atoms with Gasteiger partial charge in [0.2, 0.25) is 11.0 Å². The number of hydrogen-bond acceptors (Lipinski definition) is 5. The van der Waals surface area contributed by atoms with Crippen molar-refractivity contribution in [1.82, 2.24) is 20.8 Å². The lowest BCUT2D eigenvalue weighted by Gasteiger charge is -2.22. The van der Waals surface area contributed by atoms with Crippen LogP contribution >= 0.6 is 11.3 Å².